The molecule has 5 heteroatoms. The van der Waals surface area contributed by atoms with Gasteiger partial charge in [0.1, 0.15) is 0 Å². The zero-order valence-corrected chi connectivity index (χ0v) is 11.8. The van der Waals surface area contributed by atoms with Crippen molar-refractivity contribution < 1.29 is 10.0 Å². The second-order valence-electron chi connectivity index (χ2n) is 5.58. The lowest BCUT2D eigenvalue weighted by atomic mass is 9.97. The molecular formula is C13H25N3O2. The number of rotatable bonds is 4. The van der Waals surface area contributed by atoms with Crippen LogP contribution in [0.1, 0.15) is 34.1 Å². The highest BCUT2D eigenvalue weighted by Gasteiger charge is 2.24. The van der Waals surface area contributed by atoms with Crippen LogP contribution < -0.4 is 5.32 Å². The summed E-state index contributed by atoms with van der Waals surface area (Å²) in [4.78, 5) is 14.0. The van der Waals surface area contributed by atoms with Gasteiger partial charge in [-0.1, -0.05) is 25.9 Å². The van der Waals surface area contributed by atoms with E-state index in [9.17, 15) is 4.79 Å². The van der Waals surface area contributed by atoms with Crippen LogP contribution in [0.2, 0.25) is 0 Å². The van der Waals surface area contributed by atoms with Gasteiger partial charge in [-0.2, -0.15) is 0 Å². The third-order valence-corrected chi connectivity index (χ3v) is 3.67. The van der Waals surface area contributed by atoms with Crippen molar-refractivity contribution in [1.82, 2.24) is 10.2 Å². The van der Waals surface area contributed by atoms with Crippen molar-refractivity contribution in [3.63, 3.8) is 0 Å². The lowest BCUT2D eigenvalue weighted by Gasteiger charge is -2.31. The Morgan fingerprint density at radius 3 is 2.72 bits per heavy atom. The van der Waals surface area contributed by atoms with Gasteiger partial charge < -0.3 is 10.5 Å². The van der Waals surface area contributed by atoms with Gasteiger partial charge in [-0.3, -0.25) is 9.69 Å². The van der Waals surface area contributed by atoms with Crippen LogP contribution in [0.3, 0.4) is 0 Å². The lowest BCUT2D eigenvalue weighted by molar-refractivity contribution is -0.123. The van der Waals surface area contributed by atoms with E-state index in [0.717, 1.165) is 25.2 Å². The minimum Gasteiger partial charge on any atom is -0.411 e. The Kier molecular flexibility index (Phi) is 5.59. The second-order valence-corrected chi connectivity index (χ2v) is 5.58. The smallest absolute Gasteiger partial charge is 0.234 e. The molecule has 0 aromatic rings. The average molecular weight is 255 g/mol. The Hall–Kier alpha value is -1.10. The topological polar surface area (TPSA) is 64.9 Å². The molecule has 1 amide bonds. The monoisotopic (exact) mass is 255 g/mol. The molecule has 1 aliphatic rings. The molecule has 0 saturated carbocycles. The number of nitrogens with zero attached hydrogens (tertiary/aromatic N) is 2. The Labute approximate surface area is 109 Å². The normalized spacial score (nSPS) is 25.4. The van der Waals surface area contributed by atoms with Crippen molar-refractivity contribution in [3.05, 3.63) is 0 Å². The molecule has 0 aromatic heterocycles. The van der Waals surface area contributed by atoms with E-state index >= 15 is 0 Å². The lowest BCUT2D eigenvalue weighted by Crippen LogP contribution is -2.47. The quantitative estimate of drug-likeness (QED) is 0.588. The van der Waals surface area contributed by atoms with E-state index in [2.05, 4.69) is 29.2 Å². The van der Waals surface area contributed by atoms with Crippen molar-refractivity contribution in [2.24, 2.45) is 17.0 Å². The third kappa shape index (κ3) is 4.29. The maximum atomic E-state index is 11.9. The minimum absolute atomic E-state index is 0.0767. The molecule has 104 valence electrons. The number of piperidine rings is 1. The van der Waals surface area contributed by atoms with Crippen molar-refractivity contribution in [3.8, 4) is 0 Å². The van der Waals surface area contributed by atoms with Crippen molar-refractivity contribution in [2.45, 2.75) is 40.2 Å². The summed E-state index contributed by atoms with van der Waals surface area (Å²) in [5.74, 6) is 0.745. The first kappa shape index (κ1) is 15.0. The number of carbonyl (C=O) groups is 1. The van der Waals surface area contributed by atoms with Gasteiger partial charge in [0.05, 0.1) is 12.3 Å². The molecule has 0 aromatic carbocycles. The molecular weight excluding hydrogens is 230 g/mol. The second kappa shape index (κ2) is 6.73. The van der Waals surface area contributed by atoms with E-state index < -0.39 is 0 Å². The van der Waals surface area contributed by atoms with Crippen LogP contribution in [-0.4, -0.2) is 47.4 Å². The average Bonchev–Trinajstić information content (AvgIpc) is 2.28. The first-order valence-corrected chi connectivity index (χ1v) is 6.66. The molecule has 0 spiro atoms. The Morgan fingerprint density at radius 2 is 2.22 bits per heavy atom. The number of carbonyl (C=O) groups excluding carboxylic acids is 1. The SMILES string of the molecule is CC1CN(CC(=O)NC(C)C(C)C)CCC1=NO. The molecule has 2 atom stereocenters. The highest BCUT2D eigenvalue weighted by Crippen LogP contribution is 2.13. The largest absolute Gasteiger partial charge is 0.411 e. The van der Waals surface area contributed by atoms with Crippen LogP contribution in [-0.2, 0) is 4.79 Å². The van der Waals surface area contributed by atoms with Crippen LogP contribution in [0, 0.1) is 11.8 Å². The van der Waals surface area contributed by atoms with Gasteiger partial charge in [-0.05, 0) is 12.8 Å². The Morgan fingerprint density at radius 1 is 1.56 bits per heavy atom. The molecule has 18 heavy (non-hydrogen) atoms. The summed E-state index contributed by atoms with van der Waals surface area (Å²) in [6.07, 6.45) is 0.741. The predicted octanol–water partition coefficient (Wildman–Crippen LogP) is 1.32. The maximum absolute atomic E-state index is 11.9. The van der Waals surface area contributed by atoms with Gasteiger partial charge in [-0.15, -0.1) is 0 Å². The molecule has 1 heterocycles. The number of hydrogen-bond donors (Lipinski definition) is 2. The van der Waals surface area contributed by atoms with Crippen LogP contribution in [0.5, 0.6) is 0 Å². The summed E-state index contributed by atoms with van der Waals surface area (Å²) in [5, 5.41) is 15.1. The summed E-state index contributed by atoms with van der Waals surface area (Å²) in [6.45, 7) is 10.2. The molecule has 1 rings (SSSR count). The van der Waals surface area contributed by atoms with Crippen molar-refractivity contribution in [2.75, 3.05) is 19.6 Å². The third-order valence-electron chi connectivity index (χ3n) is 3.67. The first-order chi connectivity index (χ1) is 8.43. The molecule has 1 aliphatic heterocycles. The van der Waals surface area contributed by atoms with Gasteiger partial charge in [0.2, 0.25) is 5.91 Å². The zero-order valence-electron chi connectivity index (χ0n) is 11.8. The molecule has 2 N–H and O–H groups in total. The zero-order chi connectivity index (χ0) is 13.7. The number of hydrogen-bond acceptors (Lipinski definition) is 4. The molecule has 5 nitrogen and oxygen atoms in total. The number of nitrogens with one attached hydrogen (secondary N) is 1. The summed E-state index contributed by atoms with van der Waals surface area (Å²) >= 11 is 0. The van der Waals surface area contributed by atoms with Crippen LogP contribution >= 0.6 is 0 Å². The van der Waals surface area contributed by atoms with E-state index in [4.69, 9.17) is 5.21 Å². The van der Waals surface area contributed by atoms with E-state index in [0.29, 0.717) is 12.5 Å². The summed E-state index contributed by atoms with van der Waals surface area (Å²) in [6, 6.07) is 0.203. The Balaban J connectivity index is 2.38. The van der Waals surface area contributed by atoms with E-state index in [1.54, 1.807) is 0 Å². The summed E-state index contributed by atoms with van der Waals surface area (Å²) in [5.41, 5.74) is 0.835. The Bertz CT molecular complexity index is 315. The highest BCUT2D eigenvalue weighted by atomic mass is 16.4. The maximum Gasteiger partial charge on any atom is 0.234 e. The predicted molar refractivity (Wildman–Crippen MR) is 71.9 cm³/mol. The minimum atomic E-state index is 0.0767. The fraction of sp³-hybridized carbons (Fsp3) is 0.846. The van der Waals surface area contributed by atoms with Crippen LogP contribution in [0.15, 0.2) is 5.16 Å². The van der Waals surface area contributed by atoms with Gasteiger partial charge >= 0.3 is 0 Å². The summed E-state index contributed by atoms with van der Waals surface area (Å²) in [7, 11) is 0. The van der Waals surface area contributed by atoms with Gasteiger partial charge in [-0.25, -0.2) is 0 Å². The van der Waals surface area contributed by atoms with Crippen molar-refractivity contribution in [1.29, 1.82) is 0 Å². The molecule has 0 bridgehead atoms. The van der Waals surface area contributed by atoms with Crippen LogP contribution in [0.4, 0.5) is 0 Å². The summed E-state index contributed by atoms with van der Waals surface area (Å²) < 4.78 is 0. The van der Waals surface area contributed by atoms with Crippen molar-refractivity contribution >= 4 is 11.6 Å². The molecule has 0 radical (unpaired) electrons. The fourth-order valence-corrected chi connectivity index (χ4v) is 2.06. The van der Waals surface area contributed by atoms with E-state index in [1.165, 1.54) is 0 Å². The van der Waals surface area contributed by atoms with Crippen LogP contribution in [0.25, 0.3) is 0 Å². The number of likely N-dealkylation sites (tertiary alicyclic amines) is 1. The van der Waals surface area contributed by atoms with E-state index in [-0.39, 0.29) is 17.9 Å². The molecule has 1 fully saturated rings. The molecule has 1 saturated heterocycles. The van der Waals surface area contributed by atoms with Gasteiger partial charge in [0.25, 0.3) is 0 Å². The highest BCUT2D eigenvalue weighted by molar-refractivity contribution is 5.87. The van der Waals surface area contributed by atoms with Gasteiger partial charge in [0, 0.05) is 31.5 Å². The van der Waals surface area contributed by atoms with Gasteiger partial charge in [0.15, 0.2) is 0 Å². The fourth-order valence-electron chi connectivity index (χ4n) is 2.06. The standard InChI is InChI=1S/C13H25N3O2/c1-9(2)11(4)14-13(17)8-16-6-5-12(15-18)10(3)7-16/h9-11,18H,5-8H2,1-4H3,(H,14,17). The molecule has 0 aliphatic carbocycles. The number of amides is 1. The molecule has 2 unspecified atom stereocenters. The van der Waals surface area contributed by atoms with E-state index in [1.807, 2.05) is 13.8 Å². The number of oxime groups is 1. The first-order valence-electron chi connectivity index (χ1n) is 6.66.